The number of benzene rings is 2. The van der Waals surface area contributed by atoms with Crippen LogP contribution in [0.3, 0.4) is 0 Å². The zero-order valence-corrected chi connectivity index (χ0v) is 13.4. The third-order valence-electron chi connectivity index (χ3n) is 4.31. The molecule has 0 saturated carbocycles. The highest BCUT2D eigenvalue weighted by Crippen LogP contribution is 2.45. The lowest BCUT2D eigenvalue weighted by Crippen LogP contribution is -2.14. The van der Waals surface area contributed by atoms with E-state index in [1.54, 1.807) is 6.92 Å². The third-order valence-corrected chi connectivity index (χ3v) is 4.31. The largest absolute Gasteiger partial charge is 0.462 e. The summed E-state index contributed by atoms with van der Waals surface area (Å²) in [7, 11) is 0. The molecule has 0 bridgehead atoms. The first-order chi connectivity index (χ1) is 11.6. The van der Waals surface area contributed by atoms with Gasteiger partial charge in [0.25, 0.3) is 0 Å². The molecule has 0 fully saturated rings. The lowest BCUT2D eigenvalue weighted by molar-refractivity contribution is -0.383. The minimum absolute atomic E-state index is 0.0991. The van der Waals surface area contributed by atoms with Crippen molar-refractivity contribution in [2.24, 2.45) is 0 Å². The summed E-state index contributed by atoms with van der Waals surface area (Å²) in [5.74, 6) is -0.587. The van der Waals surface area contributed by atoms with Crippen LogP contribution in [0.5, 0.6) is 0 Å². The van der Waals surface area contributed by atoms with E-state index in [0.29, 0.717) is 18.4 Å². The van der Waals surface area contributed by atoms with Gasteiger partial charge in [0.2, 0.25) is 0 Å². The molecule has 0 radical (unpaired) electrons. The van der Waals surface area contributed by atoms with E-state index in [1.165, 1.54) is 0 Å². The zero-order valence-electron chi connectivity index (χ0n) is 13.4. The quantitative estimate of drug-likeness (QED) is 0.401. The highest BCUT2D eigenvalue weighted by Gasteiger charge is 2.34. The molecular weight excluding hydrogens is 308 g/mol. The summed E-state index contributed by atoms with van der Waals surface area (Å²) in [6.07, 6.45) is 2.20. The van der Waals surface area contributed by atoms with Crippen LogP contribution >= 0.6 is 0 Å². The molecule has 0 unspecified atom stereocenters. The smallest absolute Gasteiger partial charge is 0.340 e. The number of nitrogens with two attached hydrogens (primary N) is 1. The highest BCUT2D eigenvalue weighted by atomic mass is 16.6. The Kier molecular flexibility index (Phi) is 4.20. The van der Waals surface area contributed by atoms with E-state index in [1.807, 2.05) is 30.3 Å². The molecule has 124 valence electrons. The van der Waals surface area contributed by atoms with Crippen LogP contribution < -0.4 is 5.73 Å². The first-order valence-electron chi connectivity index (χ1n) is 7.90. The van der Waals surface area contributed by atoms with E-state index in [2.05, 4.69) is 0 Å². The van der Waals surface area contributed by atoms with Crippen LogP contribution in [0, 0.1) is 10.1 Å². The summed E-state index contributed by atoms with van der Waals surface area (Å²) in [5.41, 5.74) is 8.84. The van der Waals surface area contributed by atoms with Gasteiger partial charge >= 0.3 is 11.7 Å². The number of nitrogens with zero attached hydrogens (tertiary/aromatic N) is 1. The van der Waals surface area contributed by atoms with Gasteiger partial charge in [-0.25, -0.2) is 4.79 Å². The molecule has 6 nitrogen and oxygen atoms in total. The molecule has 0 aromatic heterocycles. The van der Waals surface area contributed by atoms with Crippen molar-refractivity contribution in [1.29, 1.82) is 0 Å². The number of carbonyl (C=O) groups excluding carboxylic acids is 1. The molecule has 3 rings (SSSR count). The van der Waals surface area contributed by atoms with Crippen molar-refractivity contribution in [3.05, 3.63) is 57.1 Å². The summed E-state index contributed by atoms with van der Waals surface area (Å²) in [4.78, 5) is 23.5. The van der Waals surface area contributed by atoms with Crippen LogP contribution in [-0.4, -0.2) is 17.5 Å². The molecule has 0 heterocycles. The molecule has 1 aliphatic rings. The van der Waals surface area contributed by atoms with Gasteiger partial charge in [0.1, 0.15) is 5.69 Å². The maximum absolute atomic E-state index is 12.3. The second kappa shape index (κ2) is 6.31. The van der Waals surface area contributed by atoms with Crippen LogP contribution in [0.25, 0.3) is 11.1 Å². The molecule has 0 spiro atoms. The molecule has 0 amide bonds. The Morgan fingerprint density at radius 1 is 1.25 bits per heavy atom. The number of hydrogen-bond donors (Lipinski definition) is 1. The van der Waals surface area contributed by atoms with Crippen LogP contribution in [0.4, 0.5) is 11.4 Å². The first kappa shape index (κ1) is 16.0. The van der Waals surface area contributed by atoms with E-state index < -0.39 is 10.9 Å². The molecule has 6 heteroatoms. The second-order valence-electron chi connectivity index (χ2n) is 5.67. The van der Waals surface area contributed by atoms with Crippen LogP contribution in [0.15, 0.2) is 30.3 Å². The van der Waals surface area contributed by atoms with E-state index in [9.17, 15) is 14.9 Å². The summed E-state index contributed by atoms with van der Waals surface area (Å²) in [6.45, 7) is 1.89. The van der Waals surface area contributed by atoms with Gasteiger partial charge in [-0.1, -0.05) is 30.3 Å². The van der Waals surface area contributed by atoms with Crippen molar-refractivity contribution in [2.75, 3.05) is 12.3 Å². The first-order valence-corrected chi connectivity index (χ1v) is 7.90. The molecule has 1 aliphatic carbocycles. The number of hydrogen-bond acceptors (Lipinski definition) is 5. The second-order valence-corrected chi connectivity index (χ2v) is 5.67. The van der Waals surface area contributed by atoms with Crippen LogP contribution in [0.2, 0.25) is 0 Å². The predicted octanol–water partition coefficient (Wildman–Crippen LogP) is 3.51. The standard InChI is InChI=1S/C18H18N2O4/c1-2-24-18(21)15-13-10-6-9-12(13)14(11-7-4-3-5-8-11)17(16(15)19)20(22)23/h3-5,7-8H,2,6,9-10,19H2,1H3. The Labute approximate surface area is 139 Å². The Balaban J connectivity index is 2.36. The number of anilines is 1. The molecule has 2 aromatic carbocycles. The van der Waals surface area contributed by atoms with Crippen LogP contribution in [-0.2, 0) is 17.6 Å². The predicted molar refractivity (Wildman–Crippen MR) is 90.9 cm³/mol. The molecule has 0 atom stereocenters. The minimum Gasteiger partial charge on any atom is -0.462 e. The number of nitro benzene ring substituents is 1. The van der Waals surface area contributed by atoms with Crippen LogP contribution in [0.1, 0.15) is 34.8 Å². The minimum atomic E-state index is -0.587. The van der Waals surface area contributed by atoms with Crippen molar-refractivity contribution >= 4 is 17.3 Å². The summed E-state index contributed by atoms with van der Waals surface area (Å²) in [6, 6.07) is 9.16. The number of rotatable bonds is 4. The third kappa shape index (κ3) is 2.50. The number of nitrogen functional groups attached to an aromatic ring is 1. The van der Waals surface area contributed by atoms with E-state index in [4.69, 9.17) is 10.5 Å². The van der Waals surface area contributed by atoms with Gasteiger partial charge in [-0.3, -0.25) is 10.1 Å². The lowest BCUT2D eigenvalue weighted by Gasteiger charge is -2.16. The van der Waals surface area contributed by atoms with Gasteiger partial charge in [-0.2, -0.15) is 0 Å². The summed E-state index contributed by atoms with van der Waals surface area (Å²) in [5, 5.41) is 11.7. The molecule has 0 aliphatic heterocycles. The number of carbonyl (C=O) groups is 1. The molecule has 24 heavy (non-hydrogen) atoms. The molecule has 0 saturated heterocycles. The summed E-state index contributed by atoms with van der Waals surface area (Å²) >= 11 is 0. The molecular formula is C18H18N2O4. The van der Waals surface area contributed by atoms with Gasteiger partial charge in [0.05, 0.1) is 22.7 Å². The Morgan fingerprint density at radius 3 is 2.54 bits per heavy atom. The van der Waals surface area contributed by atoms with E-state index in [-0.39, 0.29) is 23.5 Å². The van der Waals surface area contributed by atoms with Gasteiger partial charge in [-0.15, -0.1) is 0 Å². The van der Waals surface area contributed by atoms with Gasteiger partial charge in [0, 0.05) is 0 Å². The number of fused-ring (bicyclic) bond motifs is 1. The van der Waals surface area contributed by atoms with Gasteiger partial charge < -0.3 is 10.5 Å². The Bertz CT molecular complexity index is 816. The zero-order chi connectivity index (χ0) is 17.3. The normalized spacial score (nSPS) is 12.7. The van der Waals surface area contributed by atoms with Crippen molar-refractivity contribution in [3.63, 3.8) is 0 Å². The van der Waals surface area contributed by atoms with Crippen molar-refractivity contribution in [1.82, 2.24) is 0 Å². The molecule has 2 aromatic rings. The number of esters is 1. The number of ether oxygens (including phenoxy) is 1. The average Bonchev–Trinajstić information content (AvgIpc) is 3.03. The van der Waals surface area contributed by atoms with Crippen molar-refractivity contribution < 1.29 is 14.5 Å². The van der Waals surface area contributed by atoms with Crippen molar-refractivity contribution in [2.45, 2.75) is 26.2 Å². The Hall–Kier alpha value is -2.89. The summed E-state index contributed by atoms with van der Waals surface area (Å²) < 4.78 is 5.07. The maximum atomic E-state index is 12.3. The van der Waals surface area contributed by atoms with Gasteiger partial charge in [0.15, 0.2) is 0 Å². The highest BCUT2D eigenvalue weighted by molar-refractivity contribution is 6.03. The topological polar surface area (TPSA) is 95.5 Å². The monoisotopic (exact) mass is 326 g/mol. The van der Waals surface area contributed by atoms with E-state index in [0.717, 1.165) is 23.1 Å². The lowest BCUT2D eigenvalue weighted by atomic mass is 9.90. The van der Waals surface area contributed by atoms with Gasteiger partial charge in [-0.05, 0) is 42.9 Å². The maximum Gasteiger partial charge on any atom is 0.340 e. The average molecular weight is 326 g/mol. The fourth-order valence-electron chi connectivity index (χ4n) is 3.40. The van der Waals surface area contributed by atoms with Crippen molar-refractivity contribution in [3.8, 4) is 11.1 Å². The molecule has 2 N–H and O–H groups in total. The fraction of sp³-hybridized carbons (Fsp3) is 0.278. The fourth-order valence-corrected chi connectivity index (χ4v) is 3.40. The Morgan fingerprint density at radius 2 is 1.92 bits per heavy atom. The SMILES string of the molecule is CCOC(=O)c1c(N)c([N+](=O)[O-])c(-c2ccccc2)c2c1CCC2. The van der Waals surface area contributed by atoms with E-state index >= 15 is 0 Å². The number of nitro groups is 1.